The van der Waals surface area contributed by atoms with E-state index in [1.807, 2.05) is 97.1 Å². The van der Waals surface area contributed by atoms with Crippen molar-refractivity contribution in [3.63, 3.8) is 0 Å². The minimum atomic E-state index is -0.808. The zero-order chi connectivity index (χ0) is 25.7. The van der Waals surface area contributed by atoms with Crippen molar-refractivity contribution >= 4 is 6.09 Å². The van der Waals surface area contributed by atoms with E-state index in [4.69, 9.17) is 4.74 Å². The summed E-state index contributed by atoms with van der Waals surface area (Å²) in [5, 5.41) is 14.3. The first-order valence-corrected chi connectivity index (χ1v) is 12.6. The molecule has 0 aliphatic rings. The SMILES string of the molecule is O=C(N[C@@H](Cc1ccccc1)[C@@H](O)CN(Cc1ccccc1)Cc1ccccc1)OCc1ccccc1. The number of ether oxygens (including phenoxy) is 1. The summed E-state index contributed by atoms with van der Waals surface area (Å²) in [5.41, 5.74) is 4.28. The first kappa shape index (κ1) is 26.1. The molecule has 0 aliphatic carbocycles. The number of carbonyl (C=O) groups is 1. The van der Waals surface area contributed by atoms with Crippen LogP contribution in [-0.4, -0.2) is 34.8 Å². The van der Waals surface area contributed by atoms with Gasteiger partial charge in [-0.3, -0.25) is 4.90 Å². The Morgan fingerprint density at radius 3 is 1.59 bits per heavy atom. The van der Waals surface area contributed by atoms with Crippen LogP contribution < -0.4 is 5.32 Å². The highest BCUT2D eigenvalue weighted by atomic mass is 16.5. The first-order valence-electron chi connectivity index (χ1n) is 12.6. The second-order valence-electron chi connectivity index (χ2n) is 9.21. The van der Waals surface area contributed by atoms with Crippen LogP contribution >= 0.6 is 0 Å². The van der Waals surface area contributed by atoms with E-state index >= 15 is 0 Å². The molecule has 0 unspecified atom stereocenters. The standard InChI is InChI=1S/C32H34N2O3/c35-31(24-34(22-27-15-7-2-8-16-27)23-28-17-9-3-10-18-28)30(21-26-13-5-1-6-14-26)33-32(36)37-25-29-19-11-4-12-20-29/h1-20,30-31,35H,21-25H2,(H,33,36)/t30-,31-/m0/s1. The Morgan fingerprint density at radius 2 is 1.11 bits per heavy atom. The number of hydrogen-bond acceptors (Lipinski definition) is 4. The van der Waals surface area contributed by atoms with E-state index in [0.29, 0.717) is 26.1 Å². The maximum absolute atomic E-state index is 12.7. The third-order valence-corrected chi connectivity index (χ3v) is 6.22. The number of aliphatic hydroxyl groups excluding tert-OH is 1. The number of aliphatic hydroxyl groups is 1. The second-order valence-corrected chi connectivity index (χ2v) is 9.21. The third kappa shape index (κ3) is 8.90. The summed E-state index contributed by atoms with van der Waals surface area (Å²) in [6.07, 6.45) is -0.856. The number of nitrogens with zero attached hydrogens (tertiary/aromatic N) is 1. The molecule has 5 heteroatoms. The van der Waals surface area contributed by atoms with Crippen molar-refractivity contribution in [2.75, 3.05) is 6.54 Å². The number of alkyl carbamates (subject to hydrolysis) is 1. The molecule has 37 heavy (non-hydrogen) atoms. The molecule has 190 valence electrons. The van der Waals surface area contributed by atoms with E-state index in [0.717, 1.165) is 11.1 Å². The molecule has 1 amide bonds. The summed E-state index contributed by atoms with van der Waals surface area (Å²) in [7, 11) is 0. The number of hydrogen-bond donors (Lipinski definition) is 2. The molecule has 4 rings (SSSR count). The van der Waals surface area contributed by atoms with Gasteiger partial charge < -0.3 is 15.2 Å². The van der Waals surface area contributed by atoms with Crippen molar-refractivity contribution in [3.8, 4) is 0 Å². The molecule has 0 radical (unpaired) electrons. The normalized spacial score (nSPS) is 12.6. The van der Waals surface area contributed by atoms with Crippen molar-refractivity contribution in [3.05, 3.63) is 144 Å². The van der Waals surface area contributed by atoms with Gasteiger partial charge in [0.05, 0.1) is 12.1 Å². The molecule has 0 aliphatic heterocycles. The van der Waals surface area contributed by atoms with Crippen LogP contribution in [0.2, 0.25) is 0 Å². The molecule has 0 saturated carbocycles. The minimum absolute atomic E-state index is 0.176. The Hall–Kier alpha value is -3.93. The summed E-state index contributed by atoms with van der Waals surface area (Å²) in [5.74, 6) is 0. The van der Waals surface area contributed by atoms with Gasteiger partial charge >= 0.3 is 6.09 Å². The van der Waals surface area contributed by atoms with Crippen LogP contribution in [0.4, 0.5) is 4.79 Å². The van der Waals surface area contributed by atoms with E-state index in [9.17, 15) is 9.90 Å². The summed E-state index contributed by atoms with van der Waals surface area (Å²) < 4.78 is 5.47. The van der Waals surface area contributed by atoms with Gasteiger partial charge in [-0.15, -0.1) is 0 Å². The smallest absolute Gasteiger partial charge is 0.407 e. The van der Waals surface area contributed by atoms with E-state index in [2.05, 4.69) is 34.5 Å². The van der Waals surface area contributed by atoms with Gasteiger partial charge in [-0.2, -0.15) is 0 Å². The van der Waals surface area contributed by atoms with Gasteiger partial charge in [0.25, 0.3) is 0 Å². The number of carbonyl (C=O) groups excluding carboxylic acids is 1. The maximum Gasteiger partial charge on any atom is 0.407 e. The Morgan fingerprint density at radius 1 is 0.676 bits per heavy atom. The van der Waals surface area contributed by atoms with Gasteiger partial charge in [0.2, 0.25) is 0 Å². The third-order valence-electron chi connectivity index (χ3n) is 6.22. The zero-order valence-electron chi connectivity index (χ0n) is 20.9. The monoisotopic (exact) mass is 494 g/mol. The lowest BCUT2D eigenvalue weighted by molar-refractivity contribution is 0.0659. The van der Waals surface area contributed by atoms with Gasteiger partial charge in [-0.1, -0.05) is 121 Å². The molecule has 0 heterocycles. The van der Waals surface area contributed by atoms with Crippen molar-refractivity contribution in [1.29, 1.82) is 0 Å². The predicted octanol–water partition coefficient (Wildman–Crippen LogP) is 5.59. The Kier molecular flexibility index (Phi) is 9.87. The fourth-order valence-corrected chi connectivity index (χ4v) is 4.33. The number of rotatable bonds is 12. The van der Waals surface area contributed by atoms with E-state index < -0.39 is 18.2 Å². The van der Waals surface area contributed by atoms with E-state index in [1.165, 1.54) is 11.1 Å². The van der Waals surface area contributed by atoms with Crippen LogP contribution in [0, 0.1) is 0 Å². The van der Waals surface area contributed by atoms with Gasteiger partial charge in [-0.05, 0) is 28.7 Å². The molecule has 0 bridgehead atoms. The fraction of sp³-hybridized carbons (Fsp3) is 0.219. The van der Waals surface area contributed by atoms with Crippen LogP contribution in [-0.2, 0) is 30.9 Å². The molecule has 0 aromatic heterocycles. The fourth-order valence-electron chi connectivity index (χ4n) is 4.33. The summed E-state index contributed by atoms with van der Waals surface area (Å²) in [6.45, 7) is 1.93. The maximum atomic E-state index is 12.7. The number of benzene rings is 4. The Bertz CT molecular complexity index is 1150. The highest BCUT2D eigenvalue weighted by molar-refractivity contribution is 5.67. The topological polar surface area (TPSA) is 61.8 Å². The largest absolute Gasteiger partial charge is 0.445 e. The van der Waals surface area contributed by atoms with Gasteiger partial charge in [-0.25, -0.2) is 4.79 Å². The summed E-state index contributed by atoms with van der Waals surface area (Å²) in [6, 6.07) is 39.4. The lowest BCUT2D eigenvalue weighted by Gasteiger charge is -2.30. The molecule has 0 saturated heterocycles. The second kappa shape index (κ2) is 14.0. The number of amides is 1. The van der Waals surface area contributed by atoms with Crippen LogP contribution in [0.15, 0.2) is 121 Å². The lowest BCUT2D eigenvalue weighted by Crippen LogP contribution is -2.49. The Balaban J connectivity index is 1.46. The van der Waals surface area contributed by atoms with Gasteiger partial charge in [0, 0.05) is 19.6 Å². The molecule has 2 atom stereocenters. The lowest BCUT2D eigenvalue weighted by atomic mass is 10.0. The van der Waals surface area contributed by atoms with Crippen molar-refractivity contribution in [2.24, 2.45) is 0 Å². The number of nitrogens with one attached hydrogen (secondary N) is 1. The van der Waals surface area contributed by atoms with E-state index in [-0.39, 0.29) is 6.61 Å². The summed E-state index contributed by atoms with van der Waals surface area (Å²) in [4.78, 5) is 14.9. The summed E-state index contributed by atoms with van der Waals surface area (Å²) >= 11 is 0. The predicted molar refractivity (Wildman–Crippen MR) is 147 cm³/mol. The molecule has 2 N–H and O–H groups in total. The highest BCUT2D eigenvalue weighted by Gasteiger charge is 2.25. The van der Waals surface area contributed by atoms with Crippen molar-refractivity contribution in [1.82, 2.24) is 10.2 Å². The zero-order valence-corrected chi connectivity index (χ0v) is 20.9. The molecule has 4 aromatic rings. The van der Waals surface area contributed by atoms with Crippen molar-refractivity contribution in [2.45, 2.75) is 38.3 Å². The quantitative estimate of drug-likeness (QED) is 0.270. The molecular weight excluding hydrogens is 460 g/mol. The van der Waals surface area contributed by atoms with Crippen molar-refractivity contribution < 1.29 is 14.6 Å². The van der Waals surface area contributed by atoms with Crippen LogP contribution in [0.1, 0.15) is 22.3 Å². The average molecular weight is 495 g/mol. The van der Waals surface area contributed by atoms with E-state index in [1.54, 1.807) is 0 Å². The molecular formula is C32H34N2O3. The Labute approximate surface area is 219 Å². The van der Waals surface area contributed by atoms with Gasteiger partial charge in [0.1, 0.15) is 6.61 Å². The van der Waals surface area contributed by atoms with Crippen LogP contribution in [0.25, 0.3) is 0 Å². The molecule has 5 nitrogen and oxygen atoms in total. The molecule has 0 spiro atoms. The molecule has 0 fully saturated rings. The van der Waals surface area contributed by atoms with Gasteiger partial charge in [0.15, 0.2) is 0 Å². The average Bonchev–Trinajstić information content (AvgIpc) is 2.94. The van der Waals surface area contributed by atoms with Crippen LogP contribution in [0.5, 0.6) is 0 Å². The highest BCUT2D eigenvalue weighted by Crippen LogP contribution is 2.14. The molecule has 4 aromatic carbocycles. The first-order chi connectivity index (χ1) is 18.2. The minimum Gasteiger partial charge on any atom is -0.445 e. The van der Waals surface area contributed by atoms with Crippen LogP contribution in [0.3, 0.4) is 0 Å².